The minimum absolute atomic E-state index is 0.163. The third kappa shape index (κ3) is 3.13. The van der Waals surface area contributed by atoms with E-state index in [-0.39, 0.29) is 5.91 Å². The molecule has 0 atom stereocenters. The molecule has 3 rings (SSSR count). The van der Waals surface area contributed by atoms with Crippen molar-refractivity contribution in [2.75, 3.05) is 5.32 Å². The monoisotopic (exact) mass is 306 g/mol. The van der Waals surface area contributed by atoms with Gasteiger partial charge in [-0.2, -0.15) is 0 Å². The number of carbonyl (C=O) groups excluding carboxylic acids is 1. The van der Waals surface area contributed by atoms with E-state index in [2.05, 4.69) is 15.3 Å². The molecule has 1 aromatic carbocycles. The fourth-order valence-corrected chi connectivity index (χ4v) is 2.35. The highest BCUT2D eigenvalue weighted by atomic mass is 16.1. The maximum Gasteiger partial charge on any atom is 0.257 e. The maximum atomic E-state index is 12.2. The molecule has 0 fully saturated rings. The van der Waals surface area contributed by atoms with Crippen LogP contribution in [0.1, 0.15) is 27.3 Å². The zero-order valence-corrected chi connectivity index (χ0v) is 13.4. The molecule has 0 saturated carbocycles. The molecule has 0 bridgehead atoms. The molecule has 0 aliphatic heterocycles. The van der Waals surface area contributed by atoms with Crippen LogP contribution in [-0.2, 0) is 0 Å². The van der Waals surface area contributed by atoms with Crippen molar-refractivity contribution in [1.82, 2.24) is 14.5 Å². The first-order valence-electron chi connectivity index (χ1n) is 7.38. The van der Waals surface area contributed by atoms with Gasteiger partial charge < -0.3 is 9.88 Å². The van der Waals surface area contributed by atoms with Crippen molar-refractivity contribution in [3.8, 4) is 5.69 Å². The van der Waals surface area contributed by atoms with Gasteiger partial charge in [0.2, 0.25) is 0 Å². The fraction of sp³-hybridized carbons (Fsp3) is 0.167. The minimum atomic E-state index is -0.163. The summed E-state index contributed by atoms with van der Waals surface area (Å²) in [6, 6.07) is 9.49. The Balaban J connectivity index is 1.78. The molecule has 3 aromatic rings. The predicted octanol–water partition coefficient (Wildman–Crippen LogP) is 3.44. The van der Waals surface area contributed by atoms with Gasteiger partial charge in [-0.05, 0) is 56.7 Å². The molecule has 23 heavy (non-hydrogen) atoms. The molecular weight excluding hydrogens is 288 g/mol. The van der Waals surface area contributed by atoms with Crippen LogP contribution < -0.4 is 5.32 Å². The van der Waals surface area contributed by atoms with Gasteiger partial charge in [-0.1, -0.05) is 0 Å². The molecule has 0 unspecified atom stereocenters. The summed E-state index contributed by atoms with van der Waals surface area (Å²) >= 11 is 0. The van der Waals surface area contributed by atoms with Gasteiger partial charge in [0.25, 0.3) is 5.91 Å². The third-order valence-electron chi connectivity index (χ3n) is 3.79. The molecule has 0 aliphatic carbocycles. The first-order valence-corrected chi connectivity index (χ1v) is 7.38. The highest BCUT2D eigenvalue weighted by molar-refractivity contribution is 6.04. The lowest BCUT2D eigenvalue weighted by Gasteiger charge is -2.09. The summed E-state index contributed by atoms with van der Waals surface area (Å²) < 4.78 is 2.02. The van der Waals surface area contributed by atoms with E-state index in [1.54, 1.807) is 18.7 Å². The molecule has 5 nitrogen and oxygen atoms in total. The van der Waals surface area contributed by atoms with Crippen LogP contribution in [0.2, 0.25) is 0 Å². The van der Waals surface area contributed by atoms with E-state index >= 15 is 0 Å². The quantitative estimate of drug-likeness (QED) is 0.806. The normalized spacial score (nSPS) is 10.6. The van der Waals surface area contributed by atoms with Crippen LogP contribution in [0.25, 0.3) is 5.69 Å². The van der Waals surface area contributed by atoms with Crippen molar-refractivity contribution >= 4 is 11.6 Å². The van der Waals surface area contributed by atoms with Gasteiger partial charge in [0.05, 0.1) is 17.6 Å². The molecule has 5 heteroatoms. The van der Waals surface area contributed by atoms with Crippen LogP contribution in [0.3, 0.4) is 0 Å². The van der Waals surface area contributed by atoms with Gasteiger partial charge in [-0.25, -0.2) is 4.98 Å². The summed E-state index contributed by atoms with van der Waals surface area (Å²) in [4.78, 5) is 20.6. The standard InChI is InChI=1S/C18H18N4O/c1-12-8-15(10-19-9-12)18(23)21-16-4-6-17(7-5-16)22-11-20-13(2)14(22)3/h4-11H,1-3H3,(H,21,23). The molecule has 0 radical (unpaired) electrons. The summed E-state index contributed by atoms with van der Waals surface area (Å²) in [6.45, 7) is 5.92. The molecule has 116 valence electrons. The van der Waals surface area contributed by atoms with E-state index in [1.165, 1.54) is 0 Å². The number of carbonyl (C=O) groups is 1. The van der Waals surface area contributed by atoms with E-state index in [1.807, 2.05) is 55.7 Å². The number of hydrogen-bond acceptors (Lipinski definition) is 3. The van der Waals surface area contributed by atoms with E-state index in [9.17, 15) is 4.79 Å². The Bertz CT molecular complexity index is 850. The maximum absolute atomic E-state index is 12.2. The molecule has 0 spiro atoms. The zero-order chi connectivity index (χ0) is 16.4. The van der Waals surface area contributed by atoms with Gasteiger partial charge in [0.15, 0.2) is 0 Å². The number of imidazole rings is 1. The Morgan fingerprint density at radius 2 is 1.83 bits per heavy atom. The van der Waals surface area contributed by atoms with E-state index < -0.39 is 0 Å². The van der Waals surface area contributed by atoms with Crippen LogP contribution in [0.15, 0.2) is 49.1 Å². The fourth-order valence-electron chi connectivity index (χ4n) is 2.35. The van der Waals surface area contributed by atoms with Crippen molar-refractivity contribution in [3.63, 3.8) is 0 Å². The van der Waals surface area contributed by atoms with Crippen molar-refractivity contribution in [2.45, 2.75) is 20.8 Å². The number of nitrogens with zero attached hydrogens (tertiary/aromatic N) is 3. The first kappa shape index (κ1) is 15.0. The zero-order valence-electron chi connectivity index (χ0n) is 13.4. The second-order valence-electron chi connectivity index (χ2n) is 5.54. The minimum Gasteiger partial charge on any atom is -0.322 e. The van der Waals surface area contributed by atoms with Gasteiger partial charge in [-0.15, -0.1) is 0 Å². The molecular formula is C18H18N4O. The molecule has 0 aliphatic rings. The van der Waals surface area contributed by atoms with Crippen molar-refractivity contribution < 1.29 is 4.79 Å². The number of nitrogens with one attached hydrogen (secondary N) is 1. The van der Waals surface area contributed by atoms with Crippen LogP contribution in [-0.4, -0.2) is 20.4 Å². The SMILES string of the molecule is Cc1cncc(C(=O)Nc2ccc(-n3cnc(C)c3C)cc2)c1. The number of aromatic nitrogens is 3. The van der Waals surface area contributed by atoms with Crippen molar-refractivity contribution in [2.24, 2.45) is 0 Å². The molecule has 2 heterocycles. The highest BCUT2D eigenvalue weighted by Gasteiger charge is 2.08. The van der Waals surface area contributed by atoms with E-state index in [4.69, 9.17) is 0 Å². The van der Waals surface area contributed by atoms with Crippen molar-refractivity contribution in [1.29, 1.82) is 0 Å². The van der Waals surface area contributed by atoms with Gasteiger partial charge >= 0.3 is 0 Å². The average molecular weight is 306 g/mol. The number of aryl methyl sites for hydroxylation is 2. The number of pyridine rings is 1. The topological polar surface area (TPSA) is 59.8 Å². The summed E-state index contributed by atoms with van der Waals surface area (Å²) in [5, 5.41) is 2.88. The summed E-state index contributed by atoms with van der Waals surface area (Å²) in [7, 11) is 0. The molecule has 2 aromatic heterocycles. The summed E-state index contributed by atoms with van der Waals surface area (Å²) in [5.74, 6) is -0.163. The Morgan fingerprint density at radius 3 is 2.43 bits per heavy atom. The van der Waals surface area contributed by atoms with E-state index in [0.717, 1.165) is 28.3 Å². The Kier molecular flexibility index (Phi) is 3.93. The van der Waals surface area contributed by atoms with Crippen LogP contribution >= 0.6 is 0 Å². The summed E-state index contributed by atoms with van der Waals surface area (Å²) in [5.41, 5.74) is 5.38. The van der Waals surface area contributed by atoms with Gasteiger partial charge in [0.1, 0.15) is 0 Å². The van der Waals surface area contributed by atoms with Crippen LogP contribution in [0, 0.1) is 20.8 Å². The molecule has 0 saturated heterocycles. The highest BCUT2D eigenvalue weighted by Crippen LogP contribution is 2.17. The van der Waals surface area contributed by atoms with Crippen LogP contribution in [0.4, 0.5) is 5.69 Å². The molecule has 1 N–H and O–H groups in total. The number of hydrogen-bond donors (Lipinski definition) is 1. The second-order valence-corrected chi connectivity index (χ2v) is 5.54. The summed E-state index contributed by atoms with van der Waals surface area (Å²) in [6.07, 6.45) is 5.09. The number of benzene rings is 1. The van der Waals surface area contributed by atoms with Crippen molar-refractivity contribution in [3.05, 3.63) is 71.6 Å². The Morgan fingerprint density at radius 1 is 1.09 bits per heavy atom. The number of anilines is 1. The lowest BCUT2D eigenvalue weighted by molar-refractivity contribution is 0.102. The smallest absolute Gasteiger partial charge is 0.257 e. The first-order chi connectivity index (χ1) is 11.0. The largest absolute Gasteiger partial charge is 0.322 e. The Labute approximate surface area is 135 Å². The second kappa shape index (κ2) is 6.04. The lowest BCUT2D eigenvalue weighted by atomic mass is 10.2. The van der Waals surface area contributed by atoms with Gasteiger partial charge in [0, 0.05) is 29.5 Å². The van der Waals surface area contributed by atoms with Gasteiger partial charge in [-0.3, -0.25) is 9.78 Å². The number of amides is 1. The lowest BCUT2D eigenvalue weighted by Crippen LogP contribution is -2.12. The Hall–Kier alpha value is -2.95. The molecule has 1 amide bonds. The average Bonchev–Trinajstić information content (AvgIpc) is 2.88. The predicted molar refractivity (Wildman–Crippen MR) is 90.0 cm³/mol. The number of rotatable bonds is 3. The third-order valence-corrected chi connectivity index (χ3v) is 3.79. The van der Waals surface area contributed by atoms with E-state index in [0.29, 0.717) is 5.56 Å². The van der Waals surface area contributed by atoms with Crippen LogP contribution in [0.5, 0.6) is 0 Å².